The first-order chi connectivity index (χ1) is 9.58. The third-order valence-corrected chi connectivity index (χ3v) is 5.05. The van der Waals surface area contributed by atoms with Crippen LogP contribution < -0.4 is 5.32 Å². The monoisotopic (exact) mass is 327 g/mol. The van der Waals surface area contributed by atoms with Gasteiger partial charge in [-0.2, -0.15) is 0 Å². The third-order valence-electron chi connectivity index (χ3n) is 2.61. The second kappa shape index (κ2) is 7.06. The molecular weight excluding hydrogens is 314 g/mol. The minimum Gasteiger partial charge on any atom is -0.296 e. The average Bonchev–Trinajstić information content (AvgIpc) is 2.86. The molecule has 20 heavy (non-hydrogen) atoms. The summed E-state index contributed by atoms with van der Waals surface area (Å²) in [5.74, 6) is -0.210. The fourth-order valence-corrected chi connectivity index (χ4v) is 3.45. The van der Waals surface area contributed by atoms with Crippen molar-refractivity contribution in [3.8, 4) is 0 Å². The Bertz CT molecular complexity index is 586. The summed E-state index contributed by atoms with van der Waals surface area (Å²) >= 11 is 8.84. The van der Waals surface area contributed by atoms with Crippen LogP contribution in [0.3, 0.4) is 0 Å². The number of hydrogen-bond donors (Lipinski definition) is 1. The molecule has 7 heteroatoms. The van der Waals surface area contributed by atoms with E-state index in [0.29, 0.717) is 21.0 Å². The predicted octanol–water partition coefficient (Wildman–Crippen LogP) is 4.33. The van der Waals surface area contributed by atoms with E-state index in [1.54, 1.807) is 36.0 Å². The molecule has 1 heterocycles. The van der Waals surface area contributed by atoms with Crippen LogP contribution in [0, 0.1) is 0 Å². The maximum atomic E-state index is 12.0. The number of hydrogen-bond acceptors (Lipinski definition) is 5. The number of benzene rings is 1. The number of amides is 1. The zero-order chi connectivity index (χ0) is 14.5. The topological polar surface area (TPSA) is 54.9 Å². The molecule has 4 nitrogen and oxygen atoms in total. The highest BCUT2D eigenvalue weighted by Gasteiger charge is 2.12. The van der Waals surface area contributed by atoms with E-state index in [1.807, 2.05) is 0 Å². The van der Waals surface area contributed by atoms with Gasteiger partial charge in [-0.1, -0.05) is 48.5 Å². The molecule has 0 aliphatic rings. The van der Waals surface area contributed by atoms with Crippen LogP contribution in [0.15, 0.2) is 28.6 Å². The van der Waals surface area contributed by atoms with E-state index in [4.69, 9.17) is 11.6 Å². The van der Waals surface area contributed by atoms with E-state index >= 15 is 0 Å². The number of nitrogens with one attached hydrogen (secondary N) is 1. The van der Waals surface area contributed by atoms with Gasteiger partial charge in [0.1, 0.15) is 0 Å². The quantitative estimate of drug-likeness (QED) is 0.655. The van der Waals surface area contributed by atoms with Gasteiger partial charge < -0.3 is 0 Å². The summed E-state index contributed by atoms with van der Waals surface area (Å²) in [6, 6.07) is 6.71. The number of carbonyl (C=O) groups is 1. The zero-order valence-electron chi connectivity index (χ0n) is 11.1. The van der Waals surface area contributed by atoms with Crippen molar-refractivity contribution in [3.05, 3.63) is 34.9 Å². The van der Waals surface area contributed by atoms with E-state index in [9.17, 15) is 4.79 Å². The van der Waals surface area contributed by atoms with E-state index in [-0.39, 0.29) is 5.91 Å². The number of anilines is 1. The summed E-state index contributed by atoms with van der Waals surface area (Å²) in [5.41, 5.74) is 0.542. The minimum absolute atomic E-state index is 0.210. The lowest BCUT2D eigenvalue weighted by Crippen LogP contribution is -2.11. The number of carbonyl (C=O) groups excluding carboxylic acids is 1. The summed E-state index contributed by atoms with van der Waals surface area (Å²) in [4.78, 5) is 12.0. The van der Waals surface area contributed by atoms with E-state index in [2.05, 4.69) is 29.4 Å². The van der Waals surface area contributed by atoms with Crippen molar-refractivity contribution in [2.24, 2.45) is 0 Å². The smallest absolute Gasteiger partial charge is 0.257 e. The molecule has 0 saturated carbocycles. The molecule has 0 unspecified atom stereocenters. The van der Waals surface area contributed by atoms with Gasteiger partial charge in [0.05, 0.1) is 0 Å². The van der Waals surface area contributed by atoms with Crippen molar-refractivity contribution in [1.29, 1.82) is 0 Å². The van der Waals surface area contributed by atoms with Crippen molar-refractivity contribution in [1.82, 2.24) is 10.2 Å². The fourth-order valence-electron chi connectivity index (χ4n) is 1.33. The van der Waals surface area contributed by atoms with Gasteiger partial charge in [-0.25, -0.2) is 0 Å². The molecule has 106 valence electrons. The molecule has 1 aromatic carbocycles. The Hall–Kier alpha value is -1.11. The van der Waals surface area contributed by atoms with Crippen LogP contribution >= 0.6 is 34.7 Å². The summed E-state index contributed by atoms with van der Waals surface area (Å²) < 4.78 is 0.866. The zero-order valence-corrected chi connectivity index (χ0v) is 13.5. The lowest BCUT2D eigenvalue weighted by molar-refractivity contribution is 0.102. The normalized spacial score (nSPS) is 12.2. The van der Waals surface area contributed by atoms with Crippen LogP contribution in [0.5, 0.6) is 0 Å². The van der Waals surface area contributed by atoms with Gasteiger partial charge in [-0.05, 0) is 30.7 Å². The van der Waals surface area contributed by atoms with Gasteiger partial charge in [0.2, 0.25) is 5.13 Å². The molecule has 2 rings (SSSR count). The van der Waals surface area contributed by atoms with Crippen molar-refractivity contribution < 1.29 is 4.79 Å². The molecular formula is C13H14ClN3OS2. The van der Waals surface area contributed by atoms with Crippen LogP contribution in [-0.4, -0.2) is 21.4 Å². The van der Waals surface area contributed by atoms with Crippen LogP contribution in [0.4, 0.5) is 5.13 Å². The molecule has 0 fully saturated rings. The predicted molar refractivity (Wildman–Crippen MR) is 84.9 cm³/mol. The third kappa shape index (κ3) is 4.19. The van der Waals surface area contributed by atoms with Gasteiger partial charge in [0, 0.05) is 15.8 Å². The summed E-state index contributed by atoms with van der Waals surface area (Å²) in [5, 5.41) is 12.4. The molecule has 0 bridgehead atoms. The molecule has 1 aromatic heterocycles. The molecule has 0 radical (unpaired) electrons. The molecule has 2 aromatic rings. The Morgan fingerprint density at radius 2 is 2.10 bits per heavy atom. The molecule has 1 atom stereocenters. The highest BCUT2D eigenvalue weighted by atomic mass is 35.5. The second-order valence-corrected chi connectivity index (χ2v) is 7.27. The molecule has 0 aliphatic carbocycles. The lowest BCUT2D eigenvalue weighted by Gasteiger charge is -2.02. The average molecular weight is 328 g/mol. The molecule has 1 amide bonds. The first kappa shape index (κ1) is 15.3. The molecule has 0 aliphatic heterocycles. The summed E-state index contributed by atoms with van der Waals surface area (Å²) in [7, 11) is 0. The van der Waals surface area contributed by atoms with Crippen molar-refractivity contribution >= 4 is 45.7 Å². The summed E-state index contributed by atoms with van der Waals surface area (Å²) in [6.45, 7) is 4.26. The molecule has 0 saturated heterocycles. The Labute approximate surface area is 130 Å². The first-order valence-electron chi connectivity index (χ1n) is 6.15. The number of nitrogens with zero attached hydrogens (tertiary/aromatic N) is 2. The van der Waals surface area contributed by atoms with Gasteiger partial charge in [0.25, 0.3) is 5.91 Å². The van der Waals surface area contributed by atoms with Crippen molar-refractivity contribution in [2.45, 2.75) is 29.9 Å². The fraction of sp³-hybridized carbons (Fsp3) is 0.308. The van der Waals surface area contributed by atoms with E-state index < -0.39 is 0 Å². The number of aromatic nitrogens is 2. The Kier molecular flexibility index (Phi) is 5.39. The Morgan fingerprint density at radius 1 is 1.40 bits per heavy atom. The largest absolute Gasteiger partial charge is 0.296 e. The highest BCUT2D eigenvalue weighted by molar-refractivity contribution is 8.01. The SMILES string of the molecule is CC[C@@H](C)Sc1nnc(NC(=O)c2ccc(Cl)cc2)s1. The van der Waals surface area contributed by atoms with E-state index in [0.717, 1.165) is 10.8 Å². The Balaban J connectivity index is 1.99. The van der Waals surface area contributed by atoms with E-state index in [1.165, 1.54) is 11.3 Å². The maximum Gasteiger partial charge on any atom is 0.257 e. The van der Waals surface area contributed by atoms with Crippen LogP contribution in [0.1, 0.15) is 30.6 Å². The van der Waals surface area contributed by atoms with Crippen LogP contribution in [0.25, 0.3) is 0 Å². The lowest BCUT2D eigenvalue weighted by atomic mass is 10.2. The number of halogens is 1. The highest BCUT2D eigenvalue weighted by Crippen LogP contribution is 2.30. The number of rotatable bonds is 5. The standard InChI is InChI=1S/C13H14ClN3OS2/c1-3-8(2)19-13-17-16-12(20-13)15-11(18)9-4-6-10(14)7-5-9/h4-8H,3H2,1-2H3,(H,15,16,18)/t8-/m1/s1. The van der Waals surface area contributed by atoms with Crippen LogP contribution in [-0.2, 0) is 0 Å². The van der Waals surface area contributed by atoms with Crippen molar-refractivity contribution in [2.75, 3.05) is 5.32 Å². The van der Waals surface area contributed by atoms with Crippen LogP contribution in [0.2, 0.25) is 5.02 Å². The minimum atomic E-state index is -0.210. The van der Waals surface area contributed by atoms with Gasteiger partial charge in [0.15, 0.2) is 4.34 Å². The second-order valence-electron chi connectivity index (χ2n) is 4.17. The molecule has 0 spiro atoms. The first-order valence-corrected chi connectivity index (χ1v) is 8.23. The summed E-state index contributed by atoms with van der Waals surface area (Å²) in [6.07, 6.45) is 1.07. The van der Waals surface area contributed by atoms with Gasteiger partial charge in [-0.15, -0.1) is 10.2 Å². The van der Waals surface area contributed by atoms with Crippen molar-refractivity contribution in [3.63, 3.8) is 0 Å². The molecule has 1 N–H and O–H groups in total. The number of thioether (sulfide) groups is 1. The maximum absolute atomic E-state index is 12.0. The van der Waals surface area contributed by atoms with Gasteiger partial charge >= 0.3 is 0 Å². The van der Waals surface area contributed by atoms with Gasteiger partial charge in [-0.3, -0.25) is 10.1 Å². The Morgan fingerprint density at radius 3 is 2.75 bits per heavy atom.